The van der Waals surface area contributed by atoms with Crippen LogP contribution in [0.4, 0.5) is 8.78 Å². The van der Waals surface area contributed by atoms with E-state index in [1.807, 2.05) is 39.8 Å². The molecule has 0 fully saturated rings. The van der Waals surface area contributed by atoms with E-state index in [1.165, 1.54) is 24.3 Å². The fourth-order valence-electron chi connectivity index (χ4n) is 6.07. The zero-order chi connectivity index (χ0) is 45.6. The van der Waals surface area contributed by atoms with Gasteiger partial charge in [-0.2, -0.15) is 0 Å². The maximum Gasteiger partial charge on any atom is 0.274 e. The van der Waals surface area contributed by atoms with Crippen LogP contribution in [0.25, 0.3) is 21.8 Å². The number of nitrogens with one attached hydrogen (secondary N) is 2. The number of nitrogens with zero attached hydrogens (tertiary/aromatic N) is 4. The van der Waals surface area contributed by atoms with Gasteiger partial charge >= 0.3 is 0 Å². The molecule has 6 aromatic rings. The molecule has 0 radical (unpaired) electrons. The first kappa shape index (κ1) is 47.3. The molecular weight excluding hydrogens is 905 g/mol. The van der Waals surface area contributed by atoms with Crippen LogP contribution in [0.15, 0.2) is 65.5 Å². The molecule has 0 aliphatic carbocycles. The Morgan fingerprint density at radius 1 is 0.721 bits per heavy atom. The summed E-state index contributed by atoms with van der Waals surface area (Å²) in [5.74, 6) is -1.95. The number of rotatable bonds is 8. The van der Waals surface area contributed by atoms with Crippen molar-refractivity contribution in [2.24, 2.45) is 0 Å². The van der Waals surface area contributed by atoms with Gasteiger partial charge in [-0.3, -0.25) is 19.6 Å². The van der Waals surface area contributed by atoms with Gasteiger partial charge < -0.3 is 20.2 Å². The van der Waals surface area contributed by atoms with Crippen molar-refractivity contribution >= 4 is 81.1 Å². The van der Waals surface area contributed by atoms with Crippen molar-refractivity contribution in [1.29, 1.82) is 0 Å². The van der Waals surface area contributed by atoms with E-state index in [4.69, 9.17) is 27.6 Å². The molecule has 3 N–H and O–H groups in total. The molecule has 0 unspecified atom stereocenters. The van der Waals surface area contributed by atoms with Crippen LogP contribution in [0, 0.1) is 32.4 Å². The molecule has 0 saturated carbocycles. The summed E-state index contributed by atoms with van der Waals surface area (Å²) in [4.78, 5) is 44.1. The molecule has 61 heavy (non-hydrogen) atoms. The molecule has 16 heteroatoms. The number of benzene rings is 2. The quantitative estimate of drug-likeness (QED) is 0.101. The lowest BCUT2D eigenvalue weighted by atomic mass is 9.94. The largest absolute Gasteiger partial charge is 0.540 e. The monoisotopic (exact) mass is 952 g/mol. The summed E-state index contributed by atoms with van der Waals surface area (Å²) in [6.45, 7) is 23.4. The lowest BCUT2D eigenvalue weighted by molar-refractivity contribution is 0.0895. The van der Waals surface area contributed by atoms with E-state index in [-0.39, 0.29) is 32.2 Å². The predicted molar refractivity (Wildman–Crippen MR) is 244 cm³/mol. The van der Waals surface area contributed by atoms with Crippen molar-refractivity contribution < 1.29 is 27.9 Å². The van der Waals surface area contributed by atoms with Crippen molar-refractivity contribution in [1.82, 2.24) is 30.6 Å². The molecule has 0 aliphatic rings. The van der Waals surface area contributed by atoms with E-state index in [2.05, 4.69) is 80.4 Å². The Hall–Kier alpha value is -4.76. The van der Waals surface area contributed by atoms with E-state index in [1.54, 1.807) is 45.3 Å². The van der Waals surface area contributed by atoms with Crippen molar-refractivity contribution in [2.75, 3.05) is 0 Å². The Morgan fingerprint density at radius 3 is 1.66 bits per heavy atom. The third-order valence-corrected chi connectivity index (χ3v) is 16.3. The normalized spacial score (nSPS) is 12.2. The first-order valence-corrected chi connectivity index (χ1v) is 23.8. The SMILES string of the molecule is Cc1cnc2c(O)c(C(=O)NC(C)(C)c3ccc(F)c(Cl)c3)nc(C)c2c1.Cc1cnc2c(O[Si](C)(C)C(C)(C)C)c(C(=O)NC(C)(C)c3ccc(F)c(Cl)c3)nc(Br)c2c1. The second-order valence-corrected chi connectivity index (χ2v) is 23.9. The predicted octanol–water partition coefficient (Wildman–Crippen LogP) is 12.0. The van der Waals surface area contributed by atoms with Crippen LogP contribution >= 0.6 is 39.1 Å². The van der Waals surface area contributed by atoms with E-state index in [9.17, 15) is 23.5 Å². The molecule has 4 heterocycles. The van der Waals surface area contributed by atoms with Gasteiger partial charge in [-0.25, -0.2) is 18.7 Å². The summed E-state index contributed by atoms with van der Waals surface area (Å²) in [6.07, 6.45) is 3.37. The number of aromatic nitrogens is 4. The van der Waals surface area contributed by atoms with Gasteiger partial charge in [0.2, 0.25) is 0 Å². The molecule has 4 aromatic heterocycles. The molecule has 10 nitrogen and oxygen atoms in total. The summed E-state index contributed by atoms with van der Waals surface area (Å²) < 4.78 is 34.3. The van der Waals surface area contributed by atoms with Crippen LogP contribution in [0.1, 0.15) is 97.4 Å². The highest BCUT2D eigenvalue weighted by atomic mass is 79.9. The summed E-state index contributed by atoms with van der Waals surface area (Å²) in [5.41, 5.74) is 2.97. The van der Waals surface area contributed by atoms with Gasteiger partial charge in [-0.05, 0) is 141 Å². The molecule has 0 bridgehead atoms. The van der Waals surface area contributed by atoms with Crippen LogP contribution in [0.5, 0.6) is 11.5 Å². The third-order valence-electron chi connectivity index (χ3n) is 10.8. The highest BCUT2D eigenvalue weighted by Crippen LogP contribution is 2.41. The number of hydrogen-bond donors (Lipinski definition) is 3. The van der Waals surface area contributed by atoms with Crippen LogP contribution in [0.3, 0.4) is 0 Å². The van der Waals surface area contributed by atoms with Gasteiger partial charge in [0, 0.05) is 28.9 Å². The number of aromatic hydroxyl groups is 1. The van der Waals surface area contributed by atoms with Crippen molar-refractivity contribution in [2.45, 2.75) is 98.4 Å². The topological polar surface area (TPSA) is 139 Å². The van der Waals surface area contributed by atoms with E-state index >= 15 is 0 Å². The maximum absolute atomic E-state index is 13.7. The lowest BCUT2D eigenvalue weighted by Crippen LogP contribution is -2.45. The van der Waals surface area contributed by atoms with Gasteiger partial charge in [-0.1, -0.05) is 56.1 Å². The zero-order valence-electron chi connectivity index (χ0n) is 36.1. The van der Waals surface area contributed by atoms with Gasteiger partial charge in [0.25, 0.3) is 20.1 Å². The fourth-order valence-corrected chi connectivity index (χ4v) is 7.92. The first-order valence-electron chi connectivity index (χ1n) is 19.3. The van der Waals surface area contributed by atoms with E-state index in [0.717, 1.165) is 16.5 Å². The minimum atomic E-state index is -2.34. The number of carbonyl (C=O) groups is 2. The molecule has 0 aliphatic heterocycles. The Morgan fingerprint density at radius 2 is 1.18 bits per heavy atom. The van der Waals surface area contributed by atoms with Crippen LogP contribution < -0.4 is 15.1 Å². The summed E-state index contributed by atoms with van der Waals surface area (Å²) in [6, 6.07) is 12.5. The molecule has 2 amide bonds. The minimum absolute atomic E-state index is 0.00656. The highest BCUT2D eigenvalue weighted by molar-refractivity contribution is 9.10. The highest BCUT2D eigenvalue weighted by Gasteiger charge is 2.41. The smallest absolute Gasteiger partial charge is 0.274 e. The molecule has 0 saturated heterocycles. The standard InChI is InChI=1S/C25H30BrClFN3O2Si.C20H19ClFN3O2/c1-14-11-16-19(29-13-14)21(33-34(7,8)24(2,3)4)20(30-22(16)26)23(32)31-25(5,6)15-9-10-18(28)17(27)12-15;1-10-7-13-11(2)24-17(18(26)16(13)23-9-10)19(27)25-20(3,4)12-5-6-15(22)14(21)8-12/h9-13H,1-8H3,(H,31,32);5-9,26H,1-4H3,(H,25,27). The van der Waals surface area contributed by atoms with Gasteiger partial charge in [0.05, 0.1) is 21.1 Å². The van der Waals surface area contributed by atoms with Crippen LogP contribution in [-0.4, -0.2) is 45.2 Å². The maximum atomic E-state index is 13.7. The molecule has 0 atom stereocenters. The van der Waals surface area contributed by atoms with Gasteiger partial charge in [-0.15, -0.1) is 0 Å². The Bertz CT molecular complexity index is 2710. The second kappa shape index (κ2) is 17.5. The average molecular weight is 955 g/mol. The molecule has 2 aromatic carbocycles. The summed E-state index contributed by atoms with van der Waals surface area (Å²) in [7, 11) is -2.34. The first-order chi connectivity index (χ1) is 28.1. The van der Waals surface area contributed by atoms with Gasteiger partial charge in [0.1, 0.15) is 27.3 Å². The van der Waals surface area contributed by atoms with Crippen molar-refractivity contribution in [3.05, 3.63) is 127 Å². The molecule has 322 valence electrons. The Kier molecular flexibility index (Phi) is 13.6. The fraction of sp³-hybridized carbons (Fsp3) is 0.333. The second-order valence-electron chi connectivity index (χ2n) is 17.6. The molecular formula is C45H49BrCl2F2N6O4Si. The van der Waals surface area contributed by atoms with E-state index < -0.39 is 42.8 Å². The molecule has 6 rings (SSSR count). The number of pyridine rings is 4. The Balaban J connectivity index is 0.000000237. The lowest BCUT2D eigenvalue weighted by Gasteiger charge is -2.37. The number of halogens is 5. The number of hydrogen-bond acceptors (Lipinski definition) is 8. The number of carbonyl (C=O) groups excluding carboxylic acids is 2. The van der Waals surface area contributed by atoms with Crippen LogP contribution in [-0.2, 0) is 11.1 Å². The summed E-state index contributed by atoms with van der Waals surface area (Å²) >= 11 is 15.3. The summed E-state index contributed by atoms with van der Waals surface area (Å²) in [5, 5.41) is 17.7. The van der Waals surface area contributed by atoms with Crippen molar-refractivity contribution in [3.63, 3.8) is 0 Å². The molecule has 0 spiro atoms. The van der Waals surface area contributed by atoms with Crippen molar-refractivity contribution in [3.8, 4) is 11.5 Å². The number of amides is 2. The Labute approximate surface area is 374 Å². The minimum Gasteiger partial charge on any atom is -0.540 e. The average Bonchev–Trinajstić information content (AvgIpc) is 3.15. The number of fused-ring (bicyclic) bond motifs is 2. The number of aryl methyl sites for hydroxylation is 3. The third kappa shape index (κ3) is 10.3. The van der Waals surface area contributed by atoms with Crippen LogP contribution in [0.2, 0.25) is 28.2 Å². The zero-order valence-corrected chi connectivity index (χ0v) is 40.2. The van der Waals surface area contributed by atoms with E-state index in [0.29, 0.717) is 43.6 Å². The van der Waals surface area contributed by atoms with Gasteiger partial charge in [0.15, 0.2) is 22.9 Å².